The molecule has 0 unspecified atom stereocenters. The van der Waals surface area contributed by atoms with Gasteiger partial charge in [0.15, 0.2) is 17.5 Å². The standard InChI is InChI=1S/C17H16FN5O/c1-2-12(11-24)9-16(22-14-6-8-20-10-13(14)18)23-17(19)15-5-3-4-7-21-15/h2-10,24H,1,11H2,(H2,19,20,22,23)/b12-9-. The summed E-state index contributed by atoms with van der Waals surface area (Å²) >= 11 is 0. The van der Waals surface area contributed by atoms with Crippen molar-refractivity contribution in [3.8, 4) is 0 Å². The van der Waals surface area contributed by atoms with Crippen LogP contribution >= 0.6 is 0 Å². The molecule has 0 fully saturated rings. The third-order valence-corrected chi connectivity index (χ3v) is 2.91. The van der Waals surface area contributed by atoms with E-state index in [2.05, 4.69) is 26.5 Å². The molecule has 0 aliphatic heterocycles. The van der Waals surface area contributed by atoms with E-state index in [1.54, 1.807) is 24.4 Å². The van der Waals surface area contributed by atoms with Crippen LogP contribution in [0.15, 0.2) is 77.1 Å². The first-order valence-electron chi connectivity index (χ1n) is 7.01. The molecule has 0 radical (unpaired) electrons. The Hall–Kier alpha value is -3.19. The lowest BCUT2D eigenvalue weighted by atomic mass is 10.2. The second kappa shape index (κ2) is 8.44. The van der Waals surface area contributed by atoms with Gasteiger partial charge in [-0.2, -0.15) is 0 Å². The van der Waals surface area contributed by atoms with Gasteiger partial charge >= 0.3 is 0 Å². The Morgan fingerprint density at radius 2 is 2.17 bits per heavy atom. The van der Waals surface area contributed by atoms with E-state index in [9.17, 15) is 9.50 Å². The summed E-state index contributed by atoms with van der Waals surface area (Å²) in [5.74, 6) is -0.382. The highest BCUT2D eigenvalue weighted by Crippen LogP contribution is 2.16. The number of halogens is 1. The first-order valence-corrected chi connectivity index (χ1v) is 7.01. The number of hydrogen-bond acceptors (Lipinski definition) is 4. The fraction of sp³-hybridized carbons (Fsp3) is 0.0588. The zero-order valence-corrected chi connectivity index (χ0v) is 12.8. The summed E-state index contributed by atoms with van der Waals surface area (Å²) in [6.45, 7) is 3.32. The van der Waals surface area contributed by atoms with Crippen molar-refractivity contribution in [2.45, 2.75) is 0 Å². The summed E-state index contributed by atoms with van der Waals surface area (Å²) in [4.78, 5) is 16.1. The van der Waals surface area contributed by atoms with Crippen LogP contribution in [0.3, 0.4) is 0 Å². The largest absolute Gasteiger partial charge is 0.392 e. The van der Waals surface area contributed by atoms with Gasteiger partial charge < -0.3 is 10.8 Å². The molecule has 0 aromatic carbocycles. The van der Waals surface area contributed by atoms with Crippen LogP contribution in [0.1, 0.15) is 5.69 Å². The lowest BCUT2D eigenvalue weighted by Gasteiger charge is -2.03. The summed E-state index contributed by atoms with van der Waals surface area (Å²) in [6.07, 6.45) is 6.95. The van der Waals surface area contributed by atoms with Gasteiger partial charge in [-0.3, -0.25) is 9.97 Å². The first kappa shape index (κ1) is 17.2. The van der Waals surface area contributed by atoms with Crippen LogP contribution in [0.5, 0.6) is 0 Å². The third-order valence-electron chi connectivity index (χ3n) is 2.91. The maximum Gasteiger partial charge on any atom is 0.167 e. The minimum atomic E-state index is -0.598. The maximum atomic E-state index is 13.8. The molecule has 7 heteroatoms. The van der Waals surface area contributed by atoms with Gasteiger partial charge in [0, 0.05) is 12.4 Å². The minimum Gasteiger partial charge on any atom is -0.392 e. The Labute approximate surface area is 138 Å². The van der Waals surface area contributed by atoms with E-state index in [0.717, 1.165) is 6.20 Å². The highest BCUT2D eigenvalue weighted by molar-refractivity contribution is 6.08. The Bertz CT molecular complexity index is 800. The average Bonchev–Trinajstić information content (AvgIpc) is 2.62. The Kier molecular flexibility index (Phi) is 6.04. The third kappa shape index (κ3) is 4.65. The molecule has 0 atom stereocenters. The molecule has 2 aromatic rings. The molecule has 0 amide bonds. The van der Waals surface area contributed by atoms with Crippen molar-refractivity contribution < 1.29 is 9.50 Å². The average molecular weight is 325 g/mol. The van der Waals surface area contributed by atoms with Gasteiger partial charge in [-0.05, 0) is 29.8 Å². The number of aliphatic imine (C=N–C) groups is 2. The molecule has 24 heavy (non-hydrogen) atoms. The fourth-order valence-corrected chi connectivity index (χ4v) is 1.70. The quantitative estimate of drug-likeness (QED) is 0.500. The molecule has 0 spiro atoms. The Morgan fingerprint density at radius 3 is 2.79 bits per heavy atom. The minimum absolute atomic E-state index is 0.0511. The second-order valence-corrected chi connectivity index (χ2v) is 4.59. The monoisotopic (exact) mass is 325 g/mol. The number of nitrogens with zero attached hydrogens (tertiary/aromatic N) is 4. The van der Waals surface area contributed by atoms with Gasteiger partial charge in [-0.1, -0.05) is 18.7 Å². The van der Waals surface area contributed by atoms with E-state index in [1.165, 1.54) is 24.4 Å². The van der Waals surface area contributed by atoms with Crippen molar-refractivity contribution in [3.05, 3.63) is 78.7 Å². The topological polar surface area (TPSA) is 96.8 Å². The summed E-state index contributed by atoms with van der Waals surface area (Å²) in [5, 5.41) is 9.28. The smallest absolute Gasteiger partial charge is 0.167 e. The van der Waals surface area contributed by atoms with Crippen LogP contribution in [-0.2, 0) is 0 Å². The summed E-state index contributed by atoms with van der Waals surface area (Å²) in [5.41, 5.74) is 6.90. The number of aliphatic hydroxyl groups is 1. The van der Waals surface area contributed by atoms with Crippen LogP contribution in [0.4, 0.5) is 10.1 Å². The second-order valence-electron chi connectivity index (χ2n) is 4.59. The number of aliphatic hydroxyl groups excluding tert-OH is 1. The van der Waals surface area contributed by atoms with Crippen molar-refractivity contribution in [1.29, 1.82) is 0 Å². The lowest BCUT2D eigenvalue weighted by molar-refractivity contribution is 0.335. The molecule has 0 aliphatic carbocycles. The van der Waals surface area contributed by atoms with Gasteiger partial charge in [-0.25, -0.2) is 14.4 Å². The predicted molar refractivity (Wildman–Crippen MR) is 91.6 cm³/mol. The molecule has 0 saturated heterocycles. The number of amidine groups is 2. The van der Waals surface area contributed by atoms with Crippen molar-refractivity contribution in [3.63, 3.8) is 0 Å². The van der Waals surface area contributed by atoms with E-state index >= 15 is 0 Å². The first-order chi connectivity index (χ1) is 11.6. The highest BCUT2D eigenvalue weighted by Gasteiger charge is 2.05. The number of hydrogen-bond donors (Lipinski definition) is 2. The lowest BCUT2D eigenvalue weighted by Crippen LogP contribution is -2.17. The SMILES string of the molecule is C=C/C(=C/C(=Nc1ccncc1F)N=C(N)c1ccccn1)CO. The fourth-order valence-electron chi connectivity index (χ4n) is 1.70. The Morgan fingerprint density at radius 1 is 1.33 bits per heavy atom. The van der Waals surface area contributed by atoms with Gasteiger partial charge in [0.1, 0.15) is 11.4 Å². The van der Waals surface area contributed by atoms with Gasteiger partial charge in [0.05, 0.1) is 12.8 Å². The zero-order chi connectivity index (χ0) is 17.4. The van der Waals surface area contributed by atoms with Crippen LogP contribution < -0.4 is 5.73 Å². The summed E-state index contributed by atoms with van der Waals surface area (Å²) < 4.78 is 13.8. The zero-order valence-electron chi connectivity index (χ0n) is 12.8. The van der Waals surface area contributed by atoms with Crippen molar-refractivity contribution in [1.82, 2.24) is 9.97 Å². The van der Waals surface area contributed by atoms with Crippen molar-refractivity contribution in [2.75, 3.05) is 6.61 Å². The van der Waals surface area contributed by atoms with Crippen LogP contribution in [0.2, 0.25) is 0 Å². The molecule has 0 aliphatic rings. The van der Waals surface area contributed by atoms with Gasteiger partial charge in [0.25, 0.3) is 0 Å². The number of pyridine rings is 2. The van der Waals surface area contributed by atoms with Crippen LogP contribution in [-0.4, -0.2) is 33.4 Å². The van der Waals surface area contributed by atoms with E-state index in [-0.39, 0.29) is 24.0 Å². The van der Waals surface area contributed by atoms with Crippen molar-refractivity contribution in [2.24, 2.45) is 15.7 Å². The number of aromatic nitrogens is 2. The normalized spacial score (nSPS) is 13.0. The van der Waals surface area contributed by atoms with Gasteiger partial charge in [-0.15, -0.1) is 0 Å². The Balaban J connectivity index is 2.50. The maximum absolute atomic E-state index is 13.8. The van der Waals surface area contributed by atoms with Crippen LogP contribution in [0.25, 0.3) is 0 Å². The molecular formula is C17H16FN5O. The molecule has 3 N–H and O–H groups in total. The number of nitrogens with two attached hydrogens (primary N) is 1. The summed E-state index contributed by atoms with van der Waals surface area (Å²) in [6, 6.07) is 6.61. The highest BCUT2D eigenvalue weighted by atomic mass is 19.1. The molecule has 122 valence electrons. The molecule has 2 rings (SSSR count). The molecule has 2 aromatic heterocycles. The molecule has 0 bridgehead atoms. The van der Waals surface area contributed by atoms with E-state index < -0.39 is 5.82 Å². The van der Waals surface area contributed by atoms with E-state index in [0.29, 0.717) is 11.3 Å². The molecule has 2 heterocycles. The van der Waals surface area contributed by atoms with Crippen LogP contribution in [0, 0.1) is 5.82 Å². The molecular weight excluding hydrogens is 309 g/mol. The summed E-state index contributed by atoms with van der Waals surface area (Å²) in [7, 11) is 0. The molecule has 6 nitrogen and oxygen atoms in total. The van der Waals surface area contributed by atoms with E-state index in [4.69, 9.17) is 5.73 Å². The van der Waals surface area contributed by atoms with Gasteiger partial charge in [0.2, 0.25) is 0 Å². The van der Waals surface area contributed by atoms with Crippen molar-refractivity contribution >= 4 is 17.4 Å². The van der Waals surface area contributed by atoms with E-state index in [1.807, 2.05) is 0 Å². The number of rotatable bonds is 5. The molecule has 0 saturated carbocycles. The predicted octanol–water partition coefficient (Wildman–Crippen LogP) is 2.16.